The number of alkyl halides is 6. The van der Waals surface area contributed by atoms with E-state index in [1.807, 2.05) is 62.4 Å². The Hall–Kier alpha value is -7.44. The molecule has 2 unspecified atom stereocenters. The maximum absolute atomic E-state index is 14.5. The number of rotatable bonds is 20. The van der Waals surface area contributed by atoms with Crippen LogP contribution < -0.4 is 9.47 Å². The average molecular weight is 1020 g/mol. The lowest BCUT2D eigenvalue weighted by Crippen LogP contribution is -2.46. The Morgan fingerprint density at radius 3 is 1.15 bits per heavy atom. The summed E-state index contributed by atoms with van der Waals surface area (Å²) in [5.74, 6) is -4.96. The van der Waals surface area contributed by atoms with E-state index >= 15 is 0 Å². The van der Waals surface area contributed by atoms with Crippen molar-refractivity contribution in [2.24, 2.45) is 0 Å². The Balaban J connectivity index is 1.05. The van der Waals surface area contributed by atoms with Gasteiger partial charge in [-0.2, -0.15) is 36.5 Å². The molecule has 73 heavy (non-hydrogen) atoms. The lowest BCUT2D eigenvalue weighted by Gasteiger charge is -2.27. The Bertz CT molecular complexity index is 2680. The molecule has 6 rings (SSSR count). The molecular weight excluding hydrogens is 963 g/mol. The van der Waals surface area contributed by atoms with E-state index in [0.29, 0.717) is 24.2 Å². The van der Waals surface area contributed by atoms with Gasteiger partial charge in [0.1, 0.15) is 11.5 Å². The molecule has 0 radical (unpaired) electrons. The summed E-state index contributed by atoms with van der Waals surface area (Å²) in [6.45, 7) is 12.8. The van der Waals surface area contributed by atoms with Gasteiger partial charge in [-0.05, 0) is 126 Å². The van der Waals surface area contributed by atoms with Crippen LogP contribution in [0.25, 0.3) is 0 Å². The summed E-state index contributed by atoms with van der Waals surface area (Å²) in [7, 11) is 0. The van der Waals surface area contributed by atoms with Gasteiger partial charge in [0.05, 0.1) is 33.9 Å². The largest absolute Gasteiger partial charge is 0.476 e. The topological polar surface area (TPSA) is 150 Å². The summed E-state index contributed by atoms with van der Waals surface area (Å²) < 4.78 is 116. The number of benzene rings is 4. The number of nitrogens with zero attached hydrogens (tertiary/aromatic N) is 4. The SMILES string of the molecule is CCCn1nc(Cc2ccc(C)cc2)cc1C(OC(=O)c1ccc(OC(C)(C)C(=O)OC(=O)C(C)(C)Oc2ccc(C(=O)OC(c3cc(Cc4ccc(C)cc4)nn3CCC)C(F)(F)F)cc2)cc1)C(F)(F)F. The minimum atomic E-state index is -4.99. The summed E-state index contributed by atoms with van der Waals surface area (Å²) in [6.07, 6.45) is -13.8. The fraction of sp³-hybridized carbons (Fsp3) is 0.370. The second kappa shape index (κ2) is 22.5. The summed E-state index contributed by atoms with van der Waals surface area (Å²) in [6, 6.07) is 27.0. The first-order chi connectivity index (χ1) is 34.3. The van der Waals surface area contributed by atoms with Crippen LogP contribution in [0.3, 0.4) is 0 Å². The van der Waals surface area contributed by atoms with Crippen LogP contribution in [0.1, 0.15) is 132 Å². The second-order valence-electron chi connectivity index (χ2n) is 18.5. The summed E-state index contributed by atoms with van der Waals surface area (Å²) in [5.41, 5.74) is -0.419. The van der Waals surface area contributed by atoms with Crippen molar-refractivity contribution in [2.75, 3.05) is 0 Å². The first-order valence-electron chi connectivity index (χ1n) is 23.4. The van der Waals surface area contributed by atoms with E-state index in [9.17, 15) is 45.5 Å². The number of esters is 4. The van der Waals surface area contributed by atoms with Gasteiger partial charge in [-0.1, -0.05) is 73.5 Å². The Labute approximate surface area is 418 Å². The zero-order valence-electron chi connectivity index (χ0n) is 41.5. The molecule has 19 heteroatoms. The first-order valence-corrected chi connectivity index (χ1v) is 23.4. The van der Waals surface area contributed by atoms with E-state index in [0.717, 1.165) is 46.5 Å². The van der Waals surface area contributed by atoms with E-state index < -0.39 is 59.6 Å². The standard InChI is InChI=1S/C54H56F6N4O9/c1-9-27-63-43(31-39(61-63)29-35-15-11-33(3)12-16-35)45(53(55,56)57)69-47(65)37-19-23-41(24-20-37)72-51(5,6)49(67)71-50(68)52(7,8)73-42-25-21-38(22-26-42)48(66)70-46(54(58,59)60)44-32-40(62-64(44)28-10-2)30-36-17-13-34(4)14-18-36/h11-26,31-32,45-46H,9-10,27-30H2,1-8H3. The maximum Gasteiger partial charge on any atom is 0.431 e. The maximum atomic E-state index is 14.5. The molecule has 0 aliphatic rings. The number of carbonyl (C=O) groups excluding carboxylic acids is 4. The smallest absolute Gasteiger partial charge is 0.431 e. The molecule has 2 aromatic heterocycles. The molecule has 0 amide bonds. The van der Waals surface area contributed by atoms with Gasteiger partial charge in [0.15, 0.2) is 0 Å². The third kappa shape index (κ3) is 14.4. The molecule has 0 bridgehead atoms. The molecule has 0 fully saturated rings. The predicted molar refractivity (Wildman–Crippen MR) is 255 cm³/mol. The monoisotopic (exact) mass is 1020 g/mol. The van der Waals surface area contributed by atoms with Crippen molar-refractivity contribution in [1.29, 1.82) is 0 Å². The van der Waals surface area contributed by atoms with E-state index in [-0.39, 0.29) is 59.9 Å². The van der Waals surface area contributed by atoms with Crippen molar-refractivity contribution in [2.45, 2.75) is 130 Å². The number of hydrogen-bond acceptors (Lipinski definition) is 11. The lowest BCUT2D eigenvalue weighted by molar-refractivity contribution is -0.209. The van der Waals surface area contributed by atoms with E-state index in [4.69, 9.17) is 23.7 Å². The van der Waals surface area contributed by atoms with Gasteiger partial charge in [-0.3, -0.25) is 9.36 Å². The van der Waals surface area contributed by atoms with Crippen LogP contribution in [0, 0.1) is 13.8 Å². The highest BCUT2D eigenvalue weighted by atomic mass is 19.4. The van der Waals surface area contributed by atoms with Crippen LogP contribution in [-0.2, 0) is 49.7 Å². The highest BCUT2D eigenvalue weighted by molar-refractivity contribution is 5.94. The third-order valence-electron chi connectivity index (χ3n) is 11.3. The van der Waals surface area contributed by atoms with E-state index in [2.05, 4.69) is 10.2 Å². The molecule has 0 aliphatic heterocycles. The average Bonchev–Trinajstić information content (AvgIpc) is 3.90. The normalized spacial score (nSPS) is 13.0. The van der Waals surface area contributed by atoms with Crippen LogP contribution in [0.5, 0.6) is 11.5 Å². The minimum Gasteiger partial charge on any atom is -0.476 e. The van der Waals surface area contributed by atoms with Crippen LogP contribution in [0.15, 0.2) is 109 Å². The fourth-order valence-electron chi connectivity index (χ4n) is 7.44. The highest BCUT2D eigenvalue weighted by Gasteiger charge is 2.48. The molecule has 2 heterocycles. The van der Waals surface area contributed by atoms with Crippen LogP contribution in [0.2, 0.25) is 0 Å². The van der Waals surface area contributed by atoms with Gasteiger partial charge in [-0.15, -0.1) is 0 Å². The molecular formula is C54H56F6N4O9. The first kappa shape index (κ1) is 54.9. The van der Waals surface area contributed by atoms with Crippen molar-refractivity contribution >= 4 is 23.9 Å². The molecule has 388 valence electrons. The van der Waals surface area contributed by atoms with Gasteiger partial charge in [0.25, 0.3) is 0 Å². The Kier molecular flexibility index (Phi) is 16.9. The van der Waals surface area contributed by atoms with Crippen molar-refractivity contribution in [3.63, 3.8) is 0 Å². The summed E-state index contributed by atoms with van der Waals surface area (Å²) in [5, 5.41) is 8.77. The van der Waals surface area contributed by atoms with Gasteiger partial charge in [-0.25, -0.2) is 19.2 Å². The molecule has 0 saturated carbocycles. The number of aromatic nitrogens is 4. The summed E-state index contributed by atoms with van der Waals surface area (Å²) in [4.78, 5) is 52.9. The zero-order chi connectivity index (χ0) is 53.5. The van der Waals surface area contributed by atoms with Crippen molar-refractivity contribution < 1.29 is 69.2 Å². The van der Waals surface area contributed by atoms with Crippen LogP contribution >= 0.6 is 0 Å². The van der Waals surface area contributed by atoms with Crippen molar-refractivity contribution in [3.8, 4) is 11.5 Å². The molecule has 0 N–H and O–H groups in total. The molecule has 2 atom stereocenters. The lowest BCUT2D eigenvalue weighted by atomic mass is 10.1. The quantitative estimate of drug-likeness (QED) is 0.0311. The predicted octanol–water partition coefficient (Wildman–Crippen LogP) is 11.7. The second-order valence-corrected chi connectivity index (χ2v) is 18.5. The molecule has 0 spiro atoms. The Morgan fingerprint density at radius 2 is 0.849 bits per heavy atom. The van der Waals surface area contributed by atoms with Gasteiger partial charge in [0, 0.05) is 25.9 Å². The minimum absolute atomic E-state index is 0.0229. The van der Waals surface area contributed by atoms with E-state index in [1.54, 1.807) is 13.8 Å². The number of hydrogen-bond donors (Lipinski definition) is 0. The fourth-order valence-corrected chi connectivity index (χ4v) is 7.44. The summed E-state index contributed by atoms with van der Waals surface area (Å²) >= 11 is 0. The van der Waals surface area contributed by atoms with Crippen molar-refractivity contribution in [3.05, 3.63) is 165 Å². The van der Waals surface area contributed by atoms with Gasteiger partial charge >= 0.3 is 36.2 Å². The van der Waals surface area contributed by atoms with Gasteiger partial charge in [0.2, 0.25) is 23.4 Å². The number of carbonyl (C=O) groups is 4. The van der Waals surface area contributed by atoms with Crippen molar-refractivity contribution in [1.82, 2.24) is 19.6 Å². The molecule has 0 saturated heterocycles. The number of aryl methyl sites for hydroxylation is 4. The third-order valence-corrected chi connectivity index (χ3v) is 11.3. The molecule has 0 aliphatic carbocycles. The molecule has 6 aromatic rings. The number of halogens is 6. The number of ether oxygens (including phenoxy) is 5. The van der Waals surface area contributed by atoms with Crippen LogP contribution in [-0.4, -0.2) is 67.0 Å². The Morgan fingerprint density at radius 1 is 0.521 bits per heavy atom. The van der Waals surface area contributed by atoms with E-state index in [1.165, 1.54) is 73.5 Å². The van der Waals surface area contributed by atoms with Crippen LogP contribution in [0.4, 0.5) is 26.3 Å². The van der Waals surface area contributed by atoms with Gasteiger partial charge < -0.3 is 23.7 Å². The molecule has 4 aromatic carbocycles. The highest BCUT2D eigenvalue weighted by Crippen LogP contribution is 2.39. The zero-order valence-corrected chi connectivity index (χ0v) is 41.5. The molecule has 13 nitrogen and oxygen atoms in total.